The third-order valence-electron chi connectivity index (χ3n) is 3.94. The Kier molecular flexibility index (Phi) is 4.38. The number of hydrogen-bond donors (Lipinski definition) is 1. The van der Waals surface area contributed by atoms with Crippen LogP contribution in [0.5, 0.6) is 0 Å². The highest BCUT2D eigenvalue weighted by Crippen LogP contribution is 2.28. The monoisotopic (exact) mass is 349 g/mol. The van der Waals surface area contributed by atoms with E-state index in [1.807, 2.05) is 13.1 Å². The average Bonchev–Trinajstić information content (AvgIpc) is 2.94. The number of nitrogens with one attached hydrogen (secondary N) is 1. The fourth-order valence-corrected chi connectivity index (χ4v) is 3.22. The molecule has 0 spiro atoms. The molecule has 2 aromatic rings. The fourth-order valence-electron chi connectivity index (χ4n) is 2.70. The van der Waals surface area contributed by atoms with Crippen LogP contribution < -0.4 is 5.32 Å². The first-order chi connectivity index (χ1) is 10.2. The molecule has 1 atom stereocenters. The van der Waals surface area contributed by atoms with Crippen LogP contribution in [0, 0.1) is 5.82 Å². The van der Waals surface area contributed by atoms with E-state index in [2.05, 4.69) is 39.4 Å². The predicted octanol–water partition coefficient (Wildman–Crippen LogP) is 4.12. The van der Waals surface area contributed by atoms with E-state index in [9.17, 15) is 4.39 Å². The van der Waals surface area contributed by atoms with E-state index in [4.69, 9.17) is 4.74 Å². The molecule has 0 amide bonds. The van der Waals surface area contributed by atoms with Crippen LogP contribution in [0.15, 0.2) is 40.9 Å². The molecule has 1 aliphatic rings. The summed E-state index contributed by atoms with van der Waals surface area (Å²) in [5.74, 6) is -0.221. The van der Waals surface area contributed by atoms with Crippen LogP contribution in [0.25, 0.3) is 0 Å². The molecule has 21 heavy (non-hydrogen) atoms. The first-order valence-electron chi connectivity index (χ1n) is 6.98. The van der Waals surface area contributed by atoms with Gasteiger partial charge < -0.3 is 10.1 Å². The van der Waals surface area contributed by atoms with E-state index < -0.39 is 0 Å². The molecule has 3 rings (SSSR count). The van der Waals surface area contributed by atoms with E-state index in [0.29, 0.717) is 13.2 Å². The topological polar surface area (TPSA) is 21.3 Å². The minimum absolute atomic E-state index is 0.192. The summed E-state index contributed by atoms with van der Waals surface area (Å²) in [4.78, 5) is 0. The van der Waals surface area contributed by atoms with Gasteiger partial charge in [0.1, 0.15) is 5.82 Å². The Morgan fingerprint density at radius 2 is 2.00 bits per heavy atom. The first-order valence-corrected chi connectivity index (χ1v) is 7.77. The van der Waals surface area contributed by atoms with Crippen molar-refractivity contribution >= 4 is 15.9 Å². The Hall–Kier alpha value is -1.23. The molecule has 0 saturated heterocycles. The predicted molar refractivity (Wildman–Crippen MR) is 84.5 cm³/mol. The standard InChI is InChI=1S/C17H17BrFNO/c1-20-17(7-11-4-5-15(19)8-16(11)18)12-2-3-13-9-21-10-14(13)6-12/h2-6,8,17,20H,7,9-10H2,1H3. The van der Waals surface area contributed by atoms with Crippen LogP contribution in [0.1, 0.15) is 28.3 Å². The van der Waals surface area contributed by atoms with E-state index in [1.54, 1.807) is 0 Å². The minimum Gasteiger partial charge on any atom is -0.372 e. The largest absolute Gasteiger partial charge is 0.372 e. The van der Waals surface area contributed by atoms with Crippen LogP contribution in [-0.2, 0) is 24.4 Å². The van der Waals surface area contributed by atoms with Crippen LogP contribution in [-0.4, -0.2) is 7.05 Å². The van der Waals surface area contributed by atoms with Crippen molar-refractivity contribution in [2.24, 2.45) is 0 Å². The molecule has 0 radical (unpaired) electrons. The van der Waals surface area contributed by atoms with E-state index in [0.717, 1.165) is 16.5 Å². The van der Waals surface area contributed by atoms with Gasteiger partial charge in [0, 0.05) is 10.5 Å². The van der Waals surface area contributed by atoms with Gasteiger partial charge in [-0.3, -0.25) is 0 Å². The number of benzene rings is 2. The summed E-state index contributed by atoms with van der Waals surface area (Å²) in [7, 11) is 1.95. The average molecular weight is 350 g/mol. The molecule has 0 saturated carbocycles. The summed E-state index contributed by atoms with van der Waals surface area (Å²) in [6, 6.07) is 11.5. The highest BCUT2D eigenvalue weighted by atomic mass is 79.9. The second kappa shape index (κ2) is 6.26. The number of fused-ring (bicyclic) bond motifs is 1. The second-order valence-electron chi connectivity index (χ2n) is 5.30. The smallest absolute Gasteiger partial charge is 0.124 e. The summed E-state index contributed by atoms with van der Waals surface area (Å²) in [6.07, 6.45) is 0.803. The van der Waals surface area contributed by atoms with E-state index >= 15 is 0 Å². The van der Waals surface area contributed by atoms with Crippen molar-refractivity contribution in [3.8, 4) is 0 Å². The minimum atomic E-state index is -0.221. The fraction of sp³-hybridized carbons (Fsp3) is 0.294. The zero-order valence-electron chi connectivity index (χ0n) is 11.8. The van der Waals surface area contributed by atoms with E-state index in [1.165, 1.54) is 28.8 Å². The van der Waals surface area contributed by atoms with Gasteiger partial charge in [-0.05, 0) is 47.9 Å². The number of ether oxygens (including phenoxy) is 1. The molecule has 0 fully saturated rings. The SMILES string of the molecule is CNC(Cc1ccc(F)cc1Br)c1ccc2c(c1)COC2. The first kappa shape index (κ1) is 14.7. The Labute approximate surface area is 132 Å². The highest BCUT2D eigenvalue weighted by molar-refractivity contribution is 9.10. The molecule has 4 heteroatoms. The number of rotatable bonds is 4. The van der Waals surface area contributed by atoms with Gasteiger partial charge in [-0.2, -0.15) is 0 Å². The van der Waals surface area contributed by atoms with Gasteiger partial charge in [0.25, 0.3) is 0 Å². The lowest BCUT2D eigenvalue weighted by molar-refractivity contribution is 0.134. The molecular formula is C17H17BrFNO. The Bertz CT molecular complexity index is 659. The molecule has 0 aromatic heterocycles. The van der Waals surface area contributed by atoms with Crippen molar-refractivity contribution in [3.63, 3.8) is 0 Å². The van der Waals surface area contributed by atoms with Crippen molar-refractivity contribution in [2.75, 3.05) is 7.05 Å². The molecule has 1 unspecified atom stereocenters. The van der Waals surface area contributed by atoms with Crippen LogP contribution in [0.4, 0.5) is 4.39 Å². The quantitative estimate of drug-likeness (QED) is 0.896. The van der Waals surface area contributed by atoms with Crippen molar-refractivity contribution < 1.29 is 9.13 Å². The normalized spacial score (nSPS) is 15.0. The summed E-state index contributed by atoms with van der Waals surface area (Å²) < 4.78 is 19.5. The van der Waals surface area contributed by atoms with Crippen LogP contribution in [0.2, 0.25) is 0 Å². The molecule has 110 valence electrons. The van der Waals surface area contributed by atoms with Crippen molar-refractivity contribution in [3.05, 3.63) is 68.9 Å². The van der Waals surface area contributed by atoms with Gasteiger partial charge in [0.15, 0.2) is 0 Å². The van der Waals surface area contributed by atoms with Crippen molar-refractivity contribution in [1.82, 2.24) is 5.32 Å². The molecular weight excluding hydrogens is 333 g/mol. The lowest BCUT2D eigenvalue weighted by atomic mass is 9.96. The summed E-state index contributed by atoms with van der Waals surface area (Å²) in [6.45, 7) is 1.41. The molecule has 1 aliphatic heterocycles. The van der Waals surface area contributed by atoms with Gasteiger partial charge >= 0.3 is 0 Å². The van der Waals surface area contributed by atoms with Gasteiger partial charge in [0.05, 0.1) is 13.2 Å². The van der Waals surface area contributed by atoms with E-state index in [-0.39, 0.29) is 11.9 Å². The Morgan fingerprint density at radius 3 is 2.76 bits per heavy atom. The summed E-state index contributed by atoms with van der Waals surface area (Å²) in [5, 5.41) is 3.34. The second-order valence-corrected chi connectivity index (χ2v) is 6.16. The van der Waals surface area contributed by atoms with Crippen molar-refractivity contribution in [1.29, 1.82) is 0 Å². The molecule has 2 nitrogen and oxygen atoms in total. The maximum Gasteiger partial charge on any atom is 0.124 e. The Balaban J connectivity index is 1.85. The lowest BCUT2D eigenvalue weighted by Gasteiger charge is -2.18. The zero-order chi connectivity index (χ0) is 14.8. The third kappa shape index (κ3) is 3.18. The maximum absolute atomic E-state index is 13.2. The van der Waals surface area contributed by atoms with Gasteiger partial charge in [-0.15, -0.1) is 0 Å². The molecule has 2 aromatic carbocycles. The number of hydrogen-bond acceptors (Lipinski definition) is 2. The summed E-state index contributed by atoms with van der Waals surface area (Å²) in [5.41, 5.74) is 4.87. The number of halogens is 2. The van der Waals surface area contributed by atoms with Crippen LogP contribution >= 0.6 is 15.9 Å². The van der Waals surface area contributed by atoms with Crippen molar-refractivity contribution in [2.45, 2.75) is 25.7 Å². The van der Waals surface area contributed by atoms with Crippen LogP contribution in [0.3, 0.4) is 0 Å². The third-order valence-corrected chi connectivity index (χ3v) is 4.67. The summed E-state index contributed by atoms with van der Waals surface area (Å²) >= 11 is 3.44. The molecule has 1 heterocycles. The Morgan fingerprint density at radius 1 is 1.19 bits per heavy atom. The van der Waals surface area contributed by atoms with Gasteiger partial charge in [0.2, 0.25) is 0 Å². The number of likely N-dealkylation sites (N-methyl/N-ethyl adjacent to an activating group) is 1. The molecule has 1 N–H and O–H groups in total. The molecule has 0 bridgehead atoms. The zero-order valence-corrected chi connectivity index (χ0v) is 13.4. The highest BCUT2D eigenvalue weighted by Gasteiger charge is 2.16. The lowest BCUT2D eigenvalue weighted by Crippen LogP contribution is -2.19. The van der Waals surface area contributed by atoms with Gasteiger partial charge in [-0.1, -0.05) is 40.2 Å². The molecule has 0 aliphatic carbocycles. The maximum atomic E-state index is 13.2. The van der Waals surface area contributed by atoms with Gasteiger partial charge in [-0.25, -0.2) is 4.39 Å².